The van der Waals surface area contributed by atoms with E-state index in [1.807, 2.05) is 13.0 Å². The van der Waals surface area contributed by atoms with Crippen molar-refractivity contribution in [1.82, 2.24) is 4.90 Å². The molecule has 0 spiro atoms. The van der Waals surface area contributed by atoms with E-state index in [0.29, 0.717) is 30.3 Å². The molecule has 17 heavy (non-hydrogen) atoms. The first-order valence-corrected chi connectivity index (χ1v) is 6.61. The third-order valence-electron chi connectivity index (χ3n) is 2.69. The fourth-order valence-corrected chi connectivity index (χ4v) is 2.39. The lowest BCUT2D eigenvalue weighted by Crippen LogP contribution is -2.44. The number of morpholine rings is 1. The first-order valence-electron chi connectivity index (χ1n) is 5.44. The number of carbonyl (C=O) groups excluding carboxylic acids is 1. The lowest BCUT2D eigenvalue weighted by Gasteiger charge is -2.31. The Bertz CT molecular complexity index is 439. The van der Waals surface area contributed by atoms with E-state index in [-0.39, 0.29) is 12.0 Å². The average Bonchev–Trinajstić information content (AvgIpc) is 2.31. The van der Waals surface area contributed by atoms with Crippen molar-refractivity contribution < 1.29 is 9.53 Å². The van der Waals surface area contributed by atoms with Crippen LogP contribution in [0.4, 0.5) is 0 Å². The molecule has 92 valence electrons. The van der Waals surface area contributed by atoms with Gasteiger partial charge in [0.05, 0.1) is 23.3 Å². The minimum Gasteiger partial charge on any atom is -0.375 e. The summed E-state index contributed by atoms with van der Waals surface area (Å²) in [5.41, 5.74) is 0.537. The number of rotatable bonds is 1. The van der Waals surface area contributed by atoms with Gasteiger partial charge in [-0.25, -0.2) is 0 Å². The third kappa shape index (κ3) is 3.00. The van der Waals surface area contributed by atoms with Crippen molar-refractivity contribution in [1.29, 1.82) is 0 Å². The van der Waals surface area contributed by atoms with Crippen LogP contribution in [0.1, 0.15) is 17.3 Å². The summed E-state index contributed by atoms with van der Waals surface area (Å²) in [4.78, 5) is 14.1. The SMILES string of the molecule is C[C@@H]1CN(C(=O)c2cc(Br)ccc2Cl)CCO1. The van der Waals surface area contributed by atoms with E-state index >= 15 is 0 Å². The molecule has 1 amide bonds. The Kier molecular flexibility index (Phi) is 4.07. The van der Waals surface area contributed by atoms with Gasteiger partial charge in [-0.3, -0.25) is 4.79 Å². The Morgan fingerprint density at radius 1 is 1.59 bits per heavy atom. The van der Waals surface area contributed by atoms with Gasteiger partial charge < -0.3 is 9.64 Å². The van der Waals surface area contributed by atoms with Crippen LogP contribution in [-0.2, 0) is 4.74 Å². The maximum atomic E-state index is 12.3. The normalized spacial score (nSPS) is 20.4. The highest BCUT2D eigenvalue weighted by molar-refractivity contribution is 9.10. The molecule has 3 nitrogen and oxygen atoms in total. The number of nitrogens with zero attached hydrogens (tertiary/aromatic N) is 1. The molecule has 0 unspecified atom stereocenters. The van der Waals surface area contributed by atoms with Crippen molar-refractivity contribution in [3.05, 3.63) is 33.3 Å². The zero-order valence-electron chi connectivity index (χ0n) is 9.45. The van der Waals surface area contributed by atoms with Crippen molar-refractivity contribution in [2.75, 3.05) is 19.7 Å². The van der Waals surface area contributed by atoms with E-state index in [2.05, 4.69) is 15.9 Å². The number of halogens is 2. The molecule has 0 N–H and O–H groups in total. The van der Waals surface area contributed by atoms with E-state index in [4.69, 9.17) is 16.3 Å². The fraction of sp³-hybridized carbons (Fsp3) is 0.417. The van der Waals surface area contributed by atoms with Crippen LogP contribution in [0.2, 0.25) is 5.02 Å². The van der Waals surface area contributed by atoms with Crippen LogP contribution in [0.15, 0.2) is 22.7 Å². The number of hydrogen-bond donors (Lipinski definition) is 0. The summed E-state index contributed by atoms with van der Waals surface area (Å²) in [6, 6.07) is 5.30. The van der Waals surface area contributed by atoms with Crippen LogP contribution in [0, 0.1) is 0 Å². The Hall–Kier alpha value is -0.580. The van der Waals surface area contributed by atoms with Crippen molar-refractivity contribution in [3.8, 4) is 0 Å². The second-order valence-corrected chi connectivity index (χ2v) is 5.38. The van der Waals surface area contributed by atoms with Crippen LogP contribution in [0.5, 0.6) is 0 Å². The third-order valence-corrected chi connectivity index (χ3v) is 3.51. The van der Waals surface area contributed by atoms with Crippen LogP contribution >= 0.6 is 27.5 Å². The molecule has 1 heterocycles. The summed E-state index contributed by atoms with van der Waals surface area (Å²) >= 11 is 9.39. The molecular formula is C12H13BrClNO2. The number of benzene rings is 1. The van der Waals surface area contributed by atoms with Gasteiger partial charge in [-0.1, -0.05) is 27.5 Å². The highest BCUT2D eigenvalue weighted by atomic mass is 79.9. The molecule has 2 rings (SSSR count). The number of carbonyl (C=O) groups is 1. The predicted octanol–water partition coefficient (Wildman–Crippen LogP) is 2.96. The molecule has 1 aromatic carbocycles. The molecule has 1 aliphatic heterocycles. The molecule has 0 saturated carbocycles. The molecule has 1 aliphatic rings. The van der Waals surface area contributed by atoms with E-state index < -0.39 is 0 Å². The van der Waals surface area contributed by atoms with Gasteiger partial charge in [0.25, 0.3) is 5.91 Å². The Balaban J connectivity index is 2.21. The number of ether oxygens (including phenoxy) is 1. The highest BCUT2D eigenvalue weighted by Crippen LogP contribution is 2.23. The smallest absolute Gasteiger partial charge is 0.255 e. The Morgan fingerprint density at radius 2 is 2.35 bits per heavy atom. The molecule has 0 aromatic heterocycles. The Morgan fingerprint density at radius 3 is 3.06 bits per heavy atom. The van der Waals surface area contributed by atoms with Crippen LogP contribution in [0.25, 0.3) is 0 Å². The molecule has 1 saturated heterocycles. The van der Waals surface area contributed by atoms with E-state index in [1.54, 1.807) is 17.0 Å². The van der Waals surface area contributed by atoms with Crippen LogP contribution < -0.4 is 0 Å². The lowest BCUT2D eigenvalue weighted by atomic mass is 10.2. The number of hydrogen-bond acceptors (Lipinski definition) is 2. The summed E-state index contributed by atoms with van der Waals surface area (Å²) < 4.78 is 6.27. The van der Waals surface area contributed by atoms with Crippen molar-refractivity contribution in [2.45, 2.75) is 13.0 Å². The van der Waals surface area contributed by atoms with Gasteiger partial charge in [0, 0.05) is 17.6 Å². The topological polar surface area (TPSA) is 29.5 Å². The first-order chi connectivity index (χ1) is 8.08. The monoisotopic (exact) mass is 317 g/mol. The van der Waals surface area contributed by atoms with Gasteiger partial charge in [0.15, 0.2) is 0 Å². The van der Waals surface area contributed by atoms with Gasteiger partial charge in [0.1, 0.15) is 0 Å². The minimum absolute atomic E-state index is 0.0357. The maximum Gasteiger partial charge on any atom is 0.255 e. The summed E-state index contributed by atoms with van der Waals surface area (Å²) in [6.07, 6.45) is 0.0821. The fourth-order valence-electron chi connectivity index (χ4n) is 1.83. The van der Waals surface area contributed by atoms with E-state index in [9.17, 15) is 4.79 Å². The van der Waals surface area contributed by atoms with Crippen LogP contribution in [0.3, 0.4) is 0 Å². The number of amides is 1. The molecule has 1 atom stereocenters. The zero-order valence-corrected chi connectivity index (χ0v) is 11.8. The van der Waals surface area contributed by atoms with E-state index in [0.717, 1.165) is 4.47 Å². The van der Waals surface area contributed by atoms with Crippen LogP contribution in [-0.4, -0.2) is 36.6 Å². The quantitative estimate of drug-likeness (QED) is 0.797. The largest absolute Gasteiger partial charge is 0.375 e. The second-order valence-electron chi connectivity index (χ2n) is 4.06. The van der Waals surface area contributed by atoms with Crippen molar-refractivity contribution in [2.24, 2.45) is 0 Å². The summed E-state index contributed by atoms with van der Waals surface area (Å²) in [5.74, 6) is -0.0357. The molecule has 1 fully saturated rings. The summed E-state index contributed by atoms with van der Waals surface area (Å²) in [6.45, 7) is 3.77. The molecule has 0 aliphatic carbocycles. The van der Waals surface area contributed by atoms with Crippen molar-refractivity contribution in [3.63, 3.8) is 0 Å². The zero-order chi connectivity index (χ0) is 12.4. The van der Waals surface area contributed by atoms with E-state index in [1.165, 1.54) is 0 Å². The van der Waals surface area contributed by atoms with Gasteiger partial charge >= 0.3 is 0 Å². The Labute approximate surface area is 114 Å². The van der Waals surface area contributed by atoms with Gasteiger partial charge in [-0.2, -0.15) is 0 Å². The first kappa shape index (κ1) is 12.9. The summed E-state index contributed by atoms with van der Waals surface area (Å²) in [7, 11) is 0. The minimum atomic E-state index is -0.0357. The van der Waals surface area contributed by atoms with Gasteiger partial charge in [-0.15, -0.1) is 0 Å². The maximum absolute atomic E-state index is 12.3. The van der Waals surface area contributed by atoms with Gasteiger partial charge in [-0.05, 0) is 25.1 Å². The summed E-state index contributed by atoms with van der Waals surface area (Å²) in [5, 5.41) is 0.484. The van der Waals surface area contributed by atoms with Gasteiger partial charge in [0.2, 0.25) is 0 Å². The average molecular weight is 319 g/mol. The molecule has 0 radical (unpaired) electrons. The molecular weight excluding hydrogens is 305 g/mol. The molecule has 5 heteroatoms. The molecule has 1 aromatic rings. The molecule has 0 bridgehead atoms. The van der Waals surface area contributed by atoms with Crippen molar-refractivity contribution >= 4 is 33.4 Å². The lowest BCUT2D eigenvalue weighted by molar-refractivity contribution is -0.0124. The standard InChI is InChI=1S/C12H13BrClNO2/c1-8-7-15(4-5-17-8)12(16)10-6-9(13)2-3-11(10)14/h2-3,6,8H,4-5,7H2,1H3/t8-/m1/s1. The second kappa shape index (κ2) is 5.38. The highest BCUT2D eigenvalue weighted by Gasteiger charge is 2.23. The predicted molar refractivity (Wildman–Crippen MR) is 70.5 cm³/mol.